The minimum atomic E-state index is 0.929. The fourth-order valence-corrected chi connectivity index (χ4v) is 1.58. The lowest BCUT2D eigenvalue weighted by molar-refractivity contribution is 1.35. The second kappa shape index (κ2) is 3.61. The van der Waals surface area contributed by atoms with Gasteiger partial charge in [0.25, 0.3) is 0 Å². The van der Waals surface area contributed by atoms with Crippen molar-refractivity contribution >= 4 is 35.9 Å². The third-order valence-corrected chi connectivity index (χ3v) is 2.69. The summed E-state index contributed by atoms with van der Waals surface area (Å²) in [5.74, 6) is 0. The third-order valence-electron chi connectivity index (χ3n) is 1.81. The van der Waals surface area contributed by atoms with Crippen LogP contribution in [-0.2, 0) is 4.43 Å². The van der Waals surface area contributed by atoms with Crippen molar-refractivity contribution in [1.82, 2.24) is 0 Å². The van der Waals surface area contributed by atoms with Crippen molar-refractivity contribution in [2.24, 2.45) is 0 Å². The minimum absolute atomic E-state index is 0.929. The maximum absolute atomic E-state index is 5.80. The molecule has 0 nitrogen and oxygen atoms in total. The Morgan fingerprint density at radius 2 is 1.73 bits per heavy atom. The van der Waals surface area contributed by atoms with Gasteiger partial charge in [0.05, 0.1) is 0 Å². The number of alkyl halides is 1. The minimum Gasteiger partial charge on any atom is -0.0909 e. The fraction of sp³-hybridized carbons (Fsp3) is 0.333. The Hall–Kier alpha value is 0.0149. The van der Waals surface area contributed by atoms with E-state index >= 15 is 0 Å². The van der Waals surface area contributed by atoms with Crippen LogP contribution in [0.5, 0.6) is 0 Å². The van der Waals surface area contributed by atoms with Gasteiger partial charge < -0.3 is 0 Å². The van der Waals surface area contributed by atoms with Crippen LogP contribution in [0.15, 0.2) is 12.1 Å². The largest absolute Gasteiger partial charge is 0.114 e. The lowest BCUT2D eigenvalue weighted by Crippen LogP contribution is -2.11. The van der Waals surface area contributed by atoms with Crippen LogP contribution in [0.4, 0.5) is 0 Å². The topological polar surface area (TPSA) is 0 Å². The SMILES string of the molecule is [B]c1c(C)cc(CI)cc1C. The van der Waals surface area contributed by atoms with E-state index in [4.69, 9.17) is 7.85 Å². The Labute approximate surface area is 82.9 Å². The highest BCUT2D eigenvalue weighted by molar-refractivity contribution is 14.1. The van der Waals surface area contributed by atoms with Crippen LogP contribution in [0.3, 0.4) is 0 Å². The summed E-state index contributed by atoms with van der Waals surface area (Å²) >= 11 is 2.36. The number of halogens is 1. The van der Waals surface area contributed by atoms with E-state index in [0.717, 1.165) is 9.89 Å². The zero-order valence-electron chi connectivity index (χ0n) is 6.82. The van der Waals surface area contributed by atoms with Crippen LogP contribution in [-0.4, -0.2) is 7.85 Å². The fourth-order valence-electron chi connectivity index (χ4n) is 1.14. The summed E-state index contributed by atoms with van der Waals surface area (Å²) in [5, 5.41) is 0. The molecular weight excluding hydrogens is 246 g/mol. The average molecular weight is 256 g/mol. The first kappa shape index (κ1) is 9.11. The molecule has 0 spiro atoms. The van der Waals surface area contributed by atoms with E-state index in [2.05, 4.69) is 48.6 Å². The zero-order chi connectivity index (χ0) is 8.43. The van der Waals surface area contributed by atoms with Gasteiger partial charge in [-0.3, -0.25) is 0 Å². The molecule has 0 bridgehead atoms. The van der Waals surface area contributed by atoms with Crippen molar-refractivity contribution in [3.63, 3.8) is 0 Å². The van der Waals surface area contributed by atoms with E-state index in [-0.39, 0.29) is 0 Å². The lowest BCUT2D eigenvalue weighted by Gasteiger charge is -2.06. The Kier molecular flexibility index (Phi) is 2.99. The van der Waals surface area contributed by atoms with Crippen molar-refractivity contribution in [2.75, 3.05) is 0 Å². The zero-order valence-corrected chi connectivity index (χ0v) is 8.97. The molecule has 0 saturated heterocycles. The molecule has 2 radical (unpaired) electrons. The van der Waals surface area contributed by atoms with Crippen LogP contribution in [0.2, 0.25) is 0 Å². The molecule has 0 aromatic heterocycles. The molecule has 0 N–H and O–H groups in total. The second-order valence-corrected chi connectivity index (χ2v) is 3.54. The van der Waals surface area contributed by atoms with E-state index in [0.29, 0.717) is 0 Å². The van der Waals surface area contributed by atoms with Gasteiger partial charge in [-0.2, -0.15) is 0 Å². The monoisotopic (exact) mass is 256 g/mol. The molecule has 0 atom stereocenters. The summed E-state index contributed by atoms with van der Waals surface area (Å²) in [4.78, 5) is 0. The number of rotatable bonds is 1. The van der Waals surface area contributed by atoms with E-state index < -0.39 is 0 Å². The van der Waals surface area contributed by atoms with Crippen molar-refractivity contribution in [2.45, 2.75) is 18.3 Å². The maximum atomic E-state index is 5.80. The van der Waals surface area contributed by atoms with Gasteiger partial charge in [-0.05, 0) is 19.4 Å². The third kappa shape index (κ3) is 1.98. The average Bonchev–Trinajstić information content (AvgIpc) is 1.99. The Balaban J connectivity index is 3.21. The predicted octanol–water partition coefficient (Wildman–Crippen LogP) is 2.03. The summed E-state index contributed by atoms with van der Waals surface area (Å²) in [6.07, 6.45) is 0. The van der Waals surface area contributed by atoms with Crippen LogP contribution in [0.1, 0.15) is 16.7 Å². The molecule has 0 saturated carbocycles. The van der Waals surface area contributed by atoms with Gasteiger partial charge in [0, 0.05) is 4.43 Å². The van der Waals surface area contributed by atoms with E-state index in [1.54, 1.807) is 0 Å². The highest BCUT2D eigenvalue weighted by Gasteiger charge is 1.98. The van der Waals surface area contributed by atoms with Crippen molar-refractivity contribution in [3.8, 4) is 0 Å². The number of hydrogen-bond donors (Lipinski definition) is 0. The Morgan fingerprint density at radius 1 is 1.27 bits per heavy atom. The normalized spacial score (nSPS) is 10.1. The highest BCUT2D eigenvalue weighted by atomic mass is 127. The second-order valence-electron chi connectivity index (χ2n) is 2.78. The van der Waals surface area contributed by atoms with Gasteiger partial charge in [0.2, 0.25) is 0 Å². The molecular formula is C9H10BI. The molecule has 0 fully saturated rings. The molecule has 56 valence electrons. The summed E-state index contributed by atoms with van der Waals surface area (Å²) < 4.78 is 1.06. The van der Waals surface area contributed by atoms with Crippen LogP contribution < -0.4 is 5.46 Å². The Bertz CT molecular complexity index is 245. The van der Waals surface area contributed by atoms with E-state index in [1.165, 1.54) is 16.7 Å². The van der Waals surface area contributed by atoms with E-state index in [9.17, 15) is 0 Å². The van der Waals surface area contributed by atoms with Gasteiger partial charge >= 0.3 is 0 Å². The Morgan fingerprint density at radius 3 is 2.09 bits per heavy atom. The van der Waals surface area contributed by atoms with Crippen LogP contribution in [0, 0.1) is 13.8 Å². The molecule has 0 heterocycles. The van der Waals surface area contributed by atoms with Crippen molar-refractivity contribution in [1.29, 1.82) is 0 Å². The van der Waals surface area contributed by atoms with Gasteiger partial charge in [-0.15, -0.1) is 0 Å². The summed E-state index contributed by atoms with van der Waals surface area (Å²) in [6, 6.07) is 4.30. The molecule has 0 amide bonds. The smallest absolute Gasteiger partial charge is 0.0909 e. The standard InChI is InChI=1S/C9H10BI/c1-6-3-8(5-11)4-7(2)9(6)10/h3-4H,5H2,1-2H3. The predicted molar refractivity (Wildman–Crippen MR) is 59.0 cm³/mol. The summed E-state index contributed by atoms with van der Waals surface area (Å²) in [6.45, 7) is 4.11. The molecule has 1 rings (SSSR count). The number of hydrogen-bond acceptors (Lipinski definition) is 0. The molecule has 0 unspecified atom stereocenters. The van der Waals surface area contributed by atoms with Crippen molar-refractivity contribution < 1.29 is 0 Å². The summed E-state index contributed by atoms with van der Waals surface area (Å²) in [5.41, 5.74) is 4.67. The van der Waals surface area contributed by atoms with E-state index in [1.807, 2.05) is 0 Å². The summed E-state index contributed by atoms with van der Waals surface area (Å²) in [7, 11) is 5.80. The van der Waals surface area contributed by atoms with Crippen LogP contribution >= 0.6 is 22.6 Å². The first-order valence-electron chi connectivity index (χ1n) is 3.56. The quantitative estimate of drug-likeness (QED) is 0.409. The van der Waals surface area contributed by atoms with Crippen LogP contribution in [0.25, 0.3) is 0 Å². The molecule has 0 aliphatic rings. The maximum Gasteiger partial charge on any atom is 0.114 e. The molecule has 0 aliphatic heterocycles. The highest BCUT2D eigenvalue weighted by Crippen LogP contribution is 2.09. The molecule has 11 heavy (non-hydrogen) atoms. The van der Waals surface area contributed by atoms with Crippen molar-refractivity contribution in [3.05, 3.63) is 28.8 Å². The van der Waals surface area contributed by atoms with Gasteiger partial charge in [0.15, 0.2) is 0 Å². The van der Waals surface area contributed by atoms with Gasteiger partial charge in [0.1, 0.15) is 7.85 Å². The van der Waals surface area contributed by atoms with Gasteiger partial charge in [-0.1, -0.05) is 51.3 Å². The first-order chi connectivity index (χ1) is 5.15. The first-order valence-corrected chi connectivity index (χ1v) is 5.09. The number of benzene rings is 1. The number of aryl methyl sites for hydroxylation is 2. The molecule has 0 aliphatic carbocycles. The molecule has 1 aromatic rings. The molecule has 2 heteroatoms. The molecule has 1 aromatic carbocycles. The van der Waals surface area contributed by atoms with Gasteiger partial charge in [-0.25, -0.2) is 0 Å². The lowest BCUT2D eigenvalue weighted by atomic mass is 9.86.